The summed E-state index contributed by atoms with van der Waals surface area (Å²) < 4.78 is 1.78. The van der Waals surface area contributed by atoms with Crippen LogP contribution in [0.4, 0.5) is 0 Å². The normalized spacial score (nSPS) is 10.9. The van der Waals surface area contributed by atoms with E-state index < -0.39 is 5.75 Å². The Balaban J connectivity index is 2.01. The largest absolute Gasteiger partial charge is 0.504 e. The summed E-state index contributed by atoms with van der Waals surface area (Å²) in [7, 11) is 1.88. The van der Waals surface area contributed by atoms with Gasteiger partial charge in [-0.15, -0.1) is 0 Å². The average molecular weight is 277 g/mol. The molecule has 0 spiro atoms. The van der Waals surface area contributed by atoms with Gasteiger partial charge in [-0.25, -0.2) is 0 Å². The number of nitrogens with one attached hydrogen (secondary N) is 1. The van der Waals surface area contributed by atoms with Crippen LogP contribution in [-0.2, 0) is 26.6 Å². The summed E-state index contributed by atoms with van der Waals surface area (Å²) in [5.41, 5.74) is 2.68. The Morgan fingerprint density at radius 2 is 1.80 bits per heavy atom. The van der Waals surface area contributed by atoms with Crippen molar-refractivity contribution in [3.8, 4) is 17.2 Å². The maximum absolute atomic E-state index is 9.71. The van der Waals surface area contributed by atoms with Crippen molar-refractivity contribution in [3.05, 3.63) is 35.2 Å². The minimum Gasteiger partial charge on any atom is -0.504 e. The van der Waals surface area contributed by atoms with Crippen LogP contribution >= 0.6 is 0 Å². The zero-order chi connectivity index (χ0) is 14.7. The maximum Gasteiger partial charge on any atom is 0.200 e. The average Bonchev–Trinajstić information content (AvgIpc) is 2.79. The molecule has 1 aromatic carbocycles. The van der Waals surface area contributed by atoms with Crippen LogP contribution in [0.2, 0.25) is 0 Å². The van der Waals surface area contributed by atoms with Crippen molar-refractivity contribution in [2.45, 2.75) is 26.4 Å². The highest BCUT2D eigenvalue weighted by Crippen LogP contribution is 2.36. The fourth-order valence-electron chi connectivity index (χ4n) is 2.11. The highest BCUT2D eigenvalue weighted by molar-refractivity contribution is 5.53. The minimum atomic E-state index is -0.486. The monoisotopic (exact) mass is 277 g/mol. The number of aromatic nitrogens is 2. The second-order valence-corrected chi connectivity index (χ2v) is 4.67. The van der Waals surface area contributed by atoms with Gasteiger partial charge in [0, 0.05) is 37.5 Å². The first-order valence-corrected chi connectivity index (χ1v) is 6.47. The number of hydrogen-bond donors (Lipinski definition) is 4. The lowest BCUT2D eigenvalue weighted by atomic mass is 10.1. The van der Waals surface area contributed by atoms with Gasteiger partial charge < -0.3 is 20.6 Å². The van der Waals surface area contributed by atoms with Crippen LogP contribution in [0.5, 0.6) is 17.2 Å². The number of aromatic hydroxyl groups is 3. The summed E-state index contributed by atoms with van der Waals surface area (Å²) in [6.07, 6.45) is 2.82. The van der Waals surface area contributed by atoms with Crippen LogP contribution in [-0.4, -0.2) is 25.1 Å². The molecule has 20 heavy (non-hydrogen) atoms. The van der Waals surface area contributed by atoms with Crippen LogP contribution in [0.3, 0.4) is 0 Å². The fourth-order valence-corrected chi connectivity index (χ4v) is 2.11. The van der Waals surface area contributed by atoms with Crippen LogP contribution in [0.15, 0.2) is 18.3 Å². The SMILES string of the molecule is CCc1nn(C)cc1CNCc1ccc(O)c(O)c1O. The van der Waals surface area contributed by atoms with Gasteiger partial charge in [0.1, 0.15) is 0 Å². The van der Waals surface area contributed by atoms with E-state index in [1.165, 1.54) is 6.07 Å². The molecular weight excluding hydrogens is 258 g/mol. The predicted octanol–water partition coefficient (Wildman–Crippen LogP) is 1.39. The number of aryl methyl sites for hydroxylation is 2. The van der Waals surface area contributed by atoms with E-state index in [4.69, 9.17) is 0 Å². The molecule has 0 amide bonds. The molecule has 1 aromatic heterocycles. The van der Waals surface area contributed by atoms with E-state index in [-0.39, 0.29) is 11.5 Å². The Hall–Kier alpha value is -2.21. The van der Waals surface area contributed by atoms with Gasteiger partial charge in [0.05, 0.1) is 5.69 Å². The van der Waals surface area contributed by atoms with E-state index in [1.54, 1.807) is 10.7 Å². The molecule has 6 nitrogen and oxygen atoms in total. The van der Waals surface area contributed by atoms with Crippen molar-refractivity contribution >= 4 is 0 Å². The number of phenolic OH excluding ortho intramolecular Hbond substituents is 3. The third-order valence-electron chi connectivity index (χ3n) is 3.17. The van der Waals surface area contributed by atoms with Crippen molar-refractivity contribution in [1.82, 2.24) is 15.1 Å². The molecule has 0 bridgehead atoms. The van der Waals surface area contributed by atoms with Crippen LogP contribution < -0.4 is 5.32 Å². The van der Waals surface area contributed by atoms with E-state index >= 15 is 0 Å². The first-order valence-electron chi connectivity index (χ1n) is 6.47. The first-order chi connectivity index (χ1) is 9.52. The quantitative estimate of drug-likeness (QED) is 0.620. The Labute approximate surface area is 117 Å². The van der Waals surface area contributed by atoms with Crippen LogP contribution in [0, 0.1) is 0 Å². The number of rotatable bonds is 5. The molecule has 0 atom stereocenters. The summed E-state index contributed by atoms with van der Waals surface area (Å²) in [5.74, 6) is -1.11. The molecule has 0 saturated carbocycles. The van der Waals surface area contributed by atoms with Crippen molar-refractivity contribution in [1.29, 1.82) is 0 Å². The molecule has 0 fully saturated rings. The summed E-state index contributed by atoms with van der Waals surface area (Å²) in [5, 5.41) is 36.0. The third kappa shape index (κ3) is 2.85. The van der Waals surface area contributed by atoms with Gasteiger partial charge in [0.2, 0.25) is 5.75 Å². The number of nitrogens with zero attached hydrogens (tertiary/aromatic N) is 2. The van der Waals surface area contributed by atoms with E-state index in [1.807, 2.05) is 13.2 Å². The summed E-state index contributed by atoms with van der Waals surface area (Å²) in [6, 6.07) is 2.93. The summed E-state index contributed by atoms with van der Waals surface area (Å²) >= 11 is 0. The Bertz CT molecular complexity index is 608. The van der Waals surface area contributed by atoms with Gasteiger partial charge in [-0.1, -0.05) is 13.0 Å². The van der Waals surface area contributed by atoms with Gasteiger partial charge in [-0.05, 0) is 12.5 Å². The third-order valence-corrected chi connectivity index (χ3v) is 3.17. The molecule has 0 aliphatic rings. The first kappa shape index (κ1) is 14.2. The second kappa shape index (κ2) is 5.83. The van der Waals surface area contributed by atoms with Crippen molar-refractivity contribution in [3.63, 3.8) is 0 Å². The molecule has 0 aliphatic carbocycles. The standard InChI is InChI=1S/C14H19N3O3/c1-3-11-10(8-17(2)16-11)7-15-6-9-4-5-12(18)14(20)13(9)19/h4-5,8,15,18-20H,3,6-7H2,1-2H3. The van der Waals surface area contributed by atoms with Gasteiger partial charge in [0.25, 0.3) is 0 Å². The zero-order valence-electron chi connectivity index (χ0n) is 11.6. The van der Waals surface area contributed by atoms with E-state index in [2.05, 4.69) is 17.3 Å². The summed E-state index contributed by atoms with van der Waals surface area (Å²) in [4.78, 5) is 0. The number of benzene rings is 1. The molecule has 6 heteroatoms. The number of hydrogen-bond acceptors (Lipinski definition) is 5. The minimum absolute atomic E-state index is 0.292. The van der Waals surface area contributed by atoms with E-state index in [0.29, 0.717) is 18.7 Å². The highest BCUT2D eigenvalue weighted by atomic mass is 16.3. The van der Waals surface area contributed by atoms with Gasteiger partial charge >= 0.3 is 0 Å². The summed E-state index contributed by atoms with van der Waals surface area (Å²) in [6.45, 7) is 3.06. The van der Waals surface area contributed by atoms with Gasteiger partial charge in [-0.3, -0.25) is 4.68 Å². The highest BCUT2D eigenvalue weighted by Gasteiger charge is 2.11. The Morgan fingerprint density at radius 1 is 1.10 bits per heavy atom. The van der Waals surface area contributed by atoms with Gasteiger partial charge in [0.15, 0.2) is 11.5 Å². The smallest absolute Gasteiger partial charge is 0.200 e. The lowest BCUT2D eigenvalue weighted by Crippen LogP contribution is -2.13. The molecule has 4 N–H and O–H groups in total. The lowest BCUT2D eigenvalue weighted by Gasteiger charge is -2.09. The lowest BCUT2D eigenvalue weighted by molar-refractivity contribution is 0.364. The second-order valence-electron chi connectivity index (χ2n) is 4.67. The molecule has 1 heterocycles. The molecule has 0 saturated heterocycles. The van der Waals surface area contributed by atoms with Crippen molar-refractivity contribution in [2.24, 2.45) is 7.05 Å². The van der Waals surface area contributed by atoms with Gasteiger partial charge in [-0.2, -0.15) is 5.10 Å². The van der Waals surface area contributed by atoms with E-state index in [0.717, 1.165) is 17.7 Å². The van der Waals surface area contributed by atoms with Crippen molar-refractivity contribution < 1.29 is 15.3 Å². The molecule has 108 valence electrons. The van der Waals surface area contributed by atoms with Crippen LogP contribution in [0.1, 0.15) is 23.7 Å². The maximum atomic E-state index is 9.71. The van der Waals surface area contributed by atoms with Crippen molar-refractivity contribution in [2.75, 3.05) is 0 Å². The Morgan fingerprint density at radius 3 is 2.50 bits per heavy atom. The topological polar surface area (TPSA) is 90.5 Å². The zero-order valence-corrected chi connectivity index (χ0v) is 11.6. The predicted molar refractivity (Wildman–Crippen MR) is 74.6 cm³/mol. The van der Waals surface area contributed by atoms with E-state index in [9.17, 15) is 15.3 Å². The van der Waals surface area contributed by atoms with Crippen LogP contribution in [0.25, 0.3) is 0 Å². The Kier molecular flexibility index (Phi) is 4.14. The molecule has 0 aliphatic heterocycles. The molecule has 0 radical (unpaired) electrons. The number of phenols is 3. The molecular formula is C14H19N3O3. The fraction of sp³-hybridized carbons (Fsp3) is 0.357. The molecule has 2 rings (SSSR count). The molecule has 2 aromatic rings. The molecule has 0 unspecified atom stereocenters.